The maximum absolute atomic E-state index is 13.1. The number of amides is 1. The third-order valence-electron chi connectivity index (χ3n) is 4.93. The third kappa shape index (κ3) is 5.23. The number of carbonyl (C=O) groups excluding carboxylic acids is 1. The predicted molar refractivity (Wildman–Crippen MR) is 107 cm³/mol. The molecule has 2 aromatic rings. The van der Waals surface area contributed by atoms with Gasteiger partial charge in [-0.2, -0.15) is 0 Å². The first-order valence-corrected chi connectivity index (χ1v) is 10.2. The van der Waals surface area contributed by atoms with Gasteiger partial charge in [-0.05, 0) is 48.4 Å². The summed E-state index contributed by atoms with van der Waals surface area (Å²) in [6, 6.07) is 10.1. The molecular formula is C21H27NO4S. The quantitative estimate of drug-likeness (QED) is 0.693. The second-order valence-electron chi connectivity index (χ2n) is 6.63. The monoisotopic (exact) mass is 389 g/mol. The summed E-state index contributed by atoms with van der Waals surface area (Å²) in [5.41, 5.74) is 0.936. The number of benzene rings is 1. The van der Waals surface area contributed by atoms with E-state index in [1.165, 1.54) is 4.88 Å². The highest BCUT2D eigenvalue weighted by molar-refractivity contribution is 7.09. The standard InChI is InChI=1S/C21H27NO4S/c1-24-19-6-5-16(14-20(19)25-2)15-21(23)22(17-8-11-26-12-9-17)10-7-18-4-3-13-27-18/h3-6,13-14,17H,7-12,15H2,1-2H3. The number of rotatable bonds is 8. The zero-order chi connectivity index (χ0) is 19.1. The lowest BCUT2D eigenvalue weighted by Crippen LogP contribution is -2.45. The molecule has 0 N–H and O–H groups in total. The van der Waals surface area contributed by atoms with Gasteiger partial charge in [-0.3, -0.25) is 4.79 Å². The Hall–Kier alpha value is -2.05. The molecule has 0 bridgehead atoms. The fraction of sp³-hybridized carbons (Fsp3) is 0.476. The molecular weight excluding hydrogens is 362 g/mol. The van der Waals surface area contributed by atoms with Gasteiger partial charge in [-0.25, -0.2) is 0 Å². The Morgan fingerprint density at radius 2 is 1.96 bits per heavy atom. The van der Waals surface area contributed by atoms with Crippen molar-refractivity contribution in [3.05, 3.63) is 46.2 Å². The Kier molecular flexibility index (Phi) is 7.12. The number of hydrogen-bond donors (Lipinski definition) is 0. The molecule has 0 spiro atoms. The van der Waals surface area contributed by atoms with Gasteiger partial charge in [0.2, 0.25) is 5.91 Å². The van der Waals surface area contributed by atoms with Crippen LogP contribution in [0, 0.1) is 0 Å². The van der Waals surface area contributed by atoms with E-state index in [-0.39, 0.29) is 11.9 Å². The molecule has 1 saturated heterocycles. The topological polar surface area (TPSA) is 48.0 Å². The van der Waals surface area contributed by atoms with Crippen LogP contribution in [0.1, 0.15) is 23.3 Å². The van der Waals surface area contributed by atoms with E-state index in [1.807, 2.05) is 18.2 Å². The molecule has 1 fully saturated rings. The number of carbonyl (C=O) groups is 1. The van der Waals surface area contributed by atoms with Gasteiger partial charge >= 0.3 is 0 Å². The first-order valence-electron chi connectivity index (χ1n) is 9.31. The summed E-state index contributed by atoms with van der Waals surface area (Å²) in [4.78, 5) is 16.5. The molecule has 1 aromatic heterocycles. The Morgan fingerprint density at radius 1 is 1.19 bits per heavy atom. The van der Waals surface area contributed by atoms with E-state index in [4.69, 9.17) is 14.2 Å². The fourth-order valence-electron chi connectivity index (χ4n) is 3.46. The van der Waals surface area contributed by atoms with E-state index in [1.54, 1.807) is 25.6 Å². The molecule has 1 aromatic carbocycles. The predicted octanol–water partition coefficient (Wildman–Crippen LogP) is 3.56. The van der Waals surface area contributed by atoms with Crippen LogP contribution in [0.25, 0.3) is 0 Å². The first-order chi connectivity index (χ1) is 13.2. The molecule has 146 valence electrons. The summed E-state index contributed by atoms with van der Waals surface area (Å²) in [5, 5.41) is 2.08. The molecule has 1 aliphatic rings. The molecule has 0 unspecified atom stereocenters. The van der Waals surface area contributed by atoms with Crippen LogP contribution in [0.15, 0.2) is 35.7 Å². The molecule has 0 aliphatic carbocycles. The van der Waals surface area contributed by atoms with Crippen molar-refractivity contribution >= 4 is 17.2 Å². The Morgan fingerprint density at radius 3 is 2.63 bits per heavy atom. The minimum atomic E-state index is 0.158. The second-order valence-corrected chi connectivity index (χ2v) is 7.66. The largest absolute Gasteiger partial charge is 0.493 e. The maximum atomic E-state index is 13.1. The Labute approximate surface area is 164 Å². The lowest BCUT2D eigenvalue weighted by molar-refractivity contribution is -0.134. The average Bonchev–Trinajstić information content (AvgIpc) is 3.22. The lowest BCUT2D eigenvalue weighted by atomic mass is 10.0. The van der Waals surface area contributed by atoms with Gasteiger partial charge < -0.3 is 19.1 Å². The molecule has 0 saturated carbocycles. The summed E-state index contributed by atoms with van der Waals surface area (Å²) >= 11 is 1.74. The molecule has 27 heavy (non-hydrogen) atoms. The minimum absolute atomic E-state index is 0.158. The number of ether oxygens (including phenoxy) is 3. The van der Waals surface area contributed by atoms with Crippen molar-refractivity contribution < 1.29 is 19.0 Å². The van der Waals surface area contributed by atoms with Gasteiger partial charge in [0.1, 0.15) is 0 Å². The summed E-state index contributed by atoms with van der Waals surface area (Å²) in [5.74, 6) is 1.48. The Bertz CT molecular complexity index is 726. The van der Waals surface area contributed by atoms with Crippen LogP contribution < -0.4 is 9.47 Å². The number of methoxy groups -OCH3 is 2. The lowest BCUT2D eigenvalue weighted by Gasteiger charge is -2.34. The van der Waals surface area contributed by atoms with Crippen molar-refractivity contribution in [2.45, 2.75) is 31.7 Å². The van der Waals surface area contributed by atoms with Crippen LogP contribution in [-0.4, -0.2) is 50.8 Å². The van der Waals surface area contributed by atoms with Crippen molar-refractivity contribution in [3.63, 3.8) is 0 Å². The van der Waals surface area contributed by atoms with E-state index in [0.29, 0.717) is 17.9 Å². The highest BCUT2D eigenvalue weighted by Gasteiger charge is 2.26. The third-order valence-corrected chi connectivity index (χ3v) is 5.87. The minimum Gasteiger partial charge on any atom is -0.493 e. The van der Waals surface area contributed by atoms with Crippen LogP contribution in [0.4, 0.5) is 0 Å². The molecule has 1 amide bonds. The number of hydrogen-bond acceptors (Lipinski definition) is 5. The molecule has 6 heteroatoms. The van der Waals surface area contributed by atoms with Crippen LogP contribution in [-0.2, 0) is 22.4 Å². The fourth-order valence-corrected chi connectivity index (χ4v) is 4.16. The SMILES string of the molecule is COc1ccc(CC(=O)N(CCc2cccs2)C2CCOCC2)cc1OC. The summed E-state index contributed by atoms with van der Waals surface area (Å²) < 4.78 is 16.1. The average molecular weight is 390 g/mol. The van der Waals surface area contributed by atoms with E-state index in [0.717, 1.165) is 44.6 Å². The van der Waals surface area contributed by atoms with Gasteiger partial charge in [0, 0.05) is 30.7 Å². The highest BCUT2D eigenvalue weighted by Crippen LogP contribution is 2.28. The van der Waals surface area contributed by atoms with E-state index in [9.17, 15) is 4.79 Å². The molecule has 1 aliphatic heterocycles. The molecule has 5 nitrogen and oxygen atoms in total. The molecule has 2 heterocycles. The van der Waals surface area contributed by atoms with Gasteiger partial charge in [-0.1, -0.05) is 12.1 Å². The zero-order valence-electron chi connectivity index (χ0n) is 16.0. The van der Waals surface area contributed by atoms with Crippen LogP contribution in [0.2, 0.25) is 0 Å². The zero-order valence-corrected chi connectivity index (χ0v) is 16.8. The van der Waals surface area contributed by atoms with E-state index >= 15 is 0 Å². The first kappa shape index (κ1) is 19.7. The van der Waals surface area contributed by atoms with Crippen molar-refractivity contribution in [2.75, 3.05) is 34.0 Å². The van der Waals surface area contributed by atoms with Crippen molar-refractivity contribution in [1.82, 2.24) is 4.90 Å². The van der Waals surface area contributed by atoms with Gasteiger partial charge in [0.25, 0.3) is 0 Å². The van der Waals surface area contributed by atoms with Gasteiger partial charge in [0.05, 0.1) is 20.6 Å². The highest BCUT2D eigenvalue weighted by atomic mass is 32.1. The smallest absolute Gasteiger partial charge is 0.227 e. The van der Waals surface area contributed by atoms with E-state index in [2.05, 4.69) is 22.4 Å². The normalized spacial score (nSPS) is 14.7. The van der Waals surface area contributed by atoms with Gasteiger partial charge in [-0.15, -0.1) is 11.3 Å². The van der Waals surface area contributed by atoms with Crippen LogP contribution >= 0.6 is 11.3 Å². The second kappa shape index (κ2) is 9.76. The van der Waals surface area contributed by atoms with Gasteiger partial charge in [0.15, 0.2) is 11.5 Å². The number of nitrogens with zero attached hydrogens (tertiary/aromatic N) is 1. The van der Waals surface area contributed by atoms with Crippen molar-refractivity contribution in [1.29, 1.82) is 0 Å². The van der Waals surface area contributed by atoms with E-state index < -0.39 is 0 Å². The maximum Gasteiger partial charge on any atom is 0.227 e. The summed E-state index contributed by atoms with van der Waals surface area (Å²) in [6.45, 7) is 2.20. The Balaban J connectivity index is 1.71. The molecule has 0 atom stereocenters. The van der Waals surface area contributed by atoms with Crippen LogP contribution in [0.3, 0.4) is 0 Å². The molecule has 0 radical (unpaired) electrons. The summed E-state index contributed by atoms with van der Waals surface area (Å²) in [7, 11) is 3.22. The number of thiophene rings is 1. The van der Waals surface area contributed by atoms with Crippen LogP contribution in [0.5, 0.6) is 11.5 Å². The molecule has 3 rings (SSSR count). The summed E-state index contributed by atoms with van der Waals surface area (Å²) in [6.07, 6.45) is 3.07. The van der Waals surface area contributed by atoms with Crippen molar-refractivity contribution in [2.24, 2.45) is 0 Å². The van der Waals surface area contributed by atoms with Crippen molar-refractivity contribution in [3.8, 4) is 11.5 Å².